The molecular formula is C6H13NO2S. The van der Waals surface area contributed by atoms with Crippen LogP contribution in [0.25, 0.3) is 0 Å². The van der Waals surface area contributed by atoms with E-state index in [4.69, 9.17) is 5.11 Å². The number of carboxylic acid groups (broad SMARTS) is 1. The molecule has 0 bridgehead atoms. The van der Waals surface area contributed by atoms with Crippen molar-refractivity contribution in [3.05, 3.63) is 0 Å². The predicted molar refractivity (Wildman–Crippen MR) is 43.6 cm³/mol. The van der Waals surface area contributed by atoms with E-state index in [0.29, 0.717) is 11.7 Å². The van der Waals surface area contributed by atoms with E-state index in [0.717, 1.165) is 0 Å². The summed E-state index contributed by atoms with van der Waals surface area (Å²) in [4.78, 5) is 10.1. The fraction of sp³-hybridized carbons (Fsp3) is 0.833. The number of nitrogens with one attached hydrogen (secondary N) is 1. The molecule has 2 N–H and O–H groups in total. The van der Waals surface area contributed by atoms with E-state index < -0.39 is 6.09 Å². The van der Waals surface area contributed by atoms with Crippen LogP contribution in [0.1, 0.15) is 13.8 Å². The lowest BCUT2D eigenvalue weighted by atomic mass is 10.1. The molecule has 60 valence electrons. The smallest absolute Gasteiger partial charge is 0.404 e. The van der Waals surface area contributed by atoms with Crippen LogP contribution in [0.3, 0.4) is 0 Å². The van der Waals surface area contributed by atoms with Gasteiger partial charge in [-0.25, -0.2) is 4.79 Å². The van der Waals surface area contributed by atoms with E-state index in [-0.39, 0.29) is 6.04 Å². The summed E-state index contributed by atoms with van der Waals surface area (Å²) in [7, 11) is 0. The Labute approximate surface area is 66.2 Å². The molecule has 0 fully saturated rings. The maximum atomic E-state index is 10.1. The van der Waals surface area contributed by atoms with Crippen molar-refractivity contribution in [2.75, 3.05) is 5.75 Å². The molecule has 0 aliphatic heterocycles. The van der Waals surface area contributed by atoms with Crippen LogP contribution in [0.4, 0.5) is 4.79 Å². The van der Waals surface area contributed by atoms with Crippen LogP contribution >= 0.6 is 12.6 Å². The number of thiol groups is 1. The highest BCUT2D eigenvalue weighted by atomic mass is 32.1. The summed E-state index contributed by atoms with van der Waals surface area (Å²) in [5, 5.41) is 10.7. The van der Waals surface area contributed by atoms with E-state index in [2.05, 4.69) is 17.9 Å². The molecule has 0 saturated heterocycles. The van der Waals surface area contributed by atoms with Crippen molar-refractivity contribution < 1.29 is 9.90 Å². The maximum absolute atomic E-state index is 10.1. The zero-order valence-electron chi connectivity index (χ0n) is 6.16. The number of rotatable bonds is 3. The summed E-state index contributed by atoms with van der Waals surface area (Å²) in [6, 6.07) is -0.0409. The van der Waals surface area contributed by atoms with Gasteiger partial charge >= 0.3 is 6.09 Å². The standard InChI is InChI=1S/C6H13NO2S/c1-4(2)5(3-10)7-6(8)9/h4-5,7,10H,3H2,1-2H3,(H,8,9). The number of hydrogen-bond donors (Lipinski definition) is 3. The third kappa shape index (κ3) is 3.61. The molecule has 0 rings (SSSR count). The van der Waals surface area contributed by atoms with Crippen LogP contribution in [-0.2, 0) is 0 Å². The Bertz CT molecular complexity index is 116. The monoisotopic (exact) mass is 163 g/mol. The van der Waals surface area contributed by atoms with E-state index in [1.807, 2.05) is 13.8 Å². The molecule has 0 aliphatic rings. The summed E-state index contributed by atoms with van der Waals surface area (Å²) in [6.45, 7) is 3.91. The van der Waals surface area contributed by atoms with Crippen LogP contribution in [0, 0.1) is 5.92 Å². The first-order valence-electron chi connectivity index (χ1n) is 3.18. The second-order valence-corrected chi connectivity index (χ2v) is 2.85. The molecule has 1 amide bonds. The van der Waals surface area contributed by atoms with Crippen LogP contribution in [0.5, 0.6) is 0 Å². The Balaban J connectivity index is 3.71. The van der Waals surface area contributed by atoms with Crippen molar-refractivity contribution in [2.24, 2.45) is 5.92 Å². The van der Waals surface area contributed by atoms with E-state index in [1.54, 1.807) is 0 Å². The average molecular weight is 163 g/mol. The van der Waals surface area contributed by atoms with Gasteiger partial charge in [0.2, 0.25) is 0 Å². The minimum Gasteiger partial charge on any atom is -0.465 e. The molecule has 0 radical (unpaired) electrons. The second kappa shape index (κ2) is 4.44. The Kier molecular flexibility index (Phi) is 4.27. The van der Waals surface area contributed by atoms with Crippen molar-refractivity contribution in [3.63, 3.8) is 0 Å². The molecule has 4 heteroatoms. The van der Waals surface area contributed by atoms with Gasteiger partial charge in [-0.3, -0.25) is 0 Å². The van der Waals surface area contributed by atoms with Gasteiger partial charge in [0.05, 0.1) is 0 Å². The van der Waals surface area contributed by atoms with Crippen molar-refractivity contribution in [1.82, 2.24) is 5.32 Å². The largest absolute Gasteiger partial charge is 0.465 e. The highest BCUT2D eigenvalue weighted by Gasteiger charge is 2.12. The van der Waals surface area contributed by atoms with Gasteiger partial charge in [-0.05, 0) is 5.92 Å². The van der Waals surface area contributed by atoms with Gasteiger partial charge in [-0.2, -0.15) is 12.6 Å². The van der Waals surface area contributed by atoms with Crippen LogP contribution in [-0.4, -0.2) is 23.0 Å². The zero-order chi connectivity index (χ0) is 8.15. The van der Waals surface area contributed by atoms with Gasteiger partial charge in [-0.15, -0.1) is 0 Å². The average Bonchev–Trinajstić information content (AvgIpc) is 1.81. The van der Waals surface area contributed by atoms with E-state index >= 15 is 0 Å². The Hall–Kier alpha value is -0.380. The van der Waals surface area contributed by atoms with Crippen LogP contribution in [0.15, 0.2) is 0 Å². The minimum absolute atomic E-state index is 0.0409. The van der Waals surface area contributed by atoms with Gasteiger partial charge in [0.25, 0.3) is 0 Å². The van der Waals surface area contributed by atoms with E-state index in [9.17, 15) is 4.79 Å². The van der Waals surface area contributed by atoms with Gasteiger partial charge in [0.15, 0.2) is 0 Å². The summed E-state index contributed by atoms with van der Waals surface area (Å²) in [5.74, 6) is 0.845. The lowest BCUT2D eigenvalue weighted by molar-refractivity contribution is 0.187. The number of amides is 1. The first kappa shape index (κ1) is 9.62. The quantitative estimate of drug-likeness (QED) is 0.548. The minimum atomic E-state index is -0.979. The Morgan fingerprint density at radius 3 is 2.30 bits per heavy atom. The lowest BCUT2D eigenvalue weighted by Crippen LogP contribution is -2.38. The first-order valence-corrected chi connectivity index (χ1v) is 3.81. The molecule has 0 aromatic carbocycles. The van der Waals surface area contributed by atoms with Gasteiger partial charge < -0.3 is 10.4 Å². The Morgan fingerprint density at radius 1 is 1.70 bits per heavy atom. The highest BCUT2D eigenvalue weighted by Crippen LogP contribution is 2.02. The van der Waals surface area contributed by atoms with Gasteiger partial charge in [-0.1, -0.05) is 13.8 Å². The summed E-state index contributed by atoms with van der Waals surface area (Å²) < 4.78 is 0. The summed E-state index contributed by atoms with van der Waals surface area (Å²) in [6.07, 6.45) is -0.979. The summed E-state index contributed by atoms with van der Waals surface area (Å²) in [5.41, 5.74) is 0. The molecule has 1 atom stereocenters. The highest BCUT2D eigenvalue weighted by molar-refractivity contribution is 7.80. The van der Waals surface area contributed by atoms with Crippen LogP contribution < -0.4 is 5.32 Å². The third-order valence-electron chi connectivity index (χ3n) is 1.31. The first-order chi connectivity index (χ1) is 4.57. The topological polar surface area (TPSA) is 49.3 Å². The molecular weight excluding hydrogens is 150 g/mol. The molecule has 10 heavy (non-hydrogen) atoms. The van der Waals surface area contributed by atoms with Crippen molar-refractivity contribution in [2.45, 2.75) is 19.9 Å². The van der Waals surface area contributed by atoms with Gasteiger partial charge in [0.1, 0.15) is 0 Å². The van der Waals surface area contributed by atoms with Crippen molar-refractivity contribution >= 4 is 18.7 Å². The van der Waals surface area contributed by atoms with Gasteiger partial charge in [0, 0.05) is 11.8 Å². The third-order valence-corrected chi connectivity index (χ3v) is 1.70. The summed E-state index contributed by atoms with van der Waals surface area (Å²) >= 11 is 4.00. The molecule has 0 saturated carbocycles. The SMILES string of the molecule is CC(C)C(CS)NC(=O)O. The van der Waals surface area contributed by atoms with E-state index in [1.165, 1.54) is 0 Å². The lowest BCUT2D eigenvalue weighted by Gasteiger charge is -2.17. The number of carbonyl (C=O) groups is 1. The van der Waals surface area contributed by atoms with Crippen molar-refractivity contribution in [1.29, 1.82) is 0 Å². The fourth-order valence-corrected chi connectivity index (χ4v) is 1.09. The zero-order valence-corrected chi connectivity index (χ0v) is 7.06. The fourth-order valence-electron chi connectivity index (χ4n) is 0.582. The molecule has 0 aromatic rings. The Morgan fingerprint density at radius 2 is 2.20 bits per heavy atom. The molecule has 0 heterocycles. The maximum Gasteiger partial charge on any atom is 0.404 e. The second-order valence-electron chi connectivity index (χ2n) is 2.48. The number of hydrogen-bond acceptors (Lipinski definition) is 2. The molecule has 0 spiro atoms. The predicted octanol–water partition coefficient (Wildman–Crippen LogP) is 1.21. The molecule has 0 aliphatic carbocycles. The molecule has 0 aromatic heterocycles. The normalized spacial score (nSPS) is 13.2. The van der Waals surface area contributed by atoms with Crippen LogP contribution in [0.2, 0.25) is 0 Å². The molecule has 1 unspecified atom stereocenters. The molecule has 3 nitrogen and oxygen atoms in total. The van der Waals surface area contributed by atoms with Crippen molar-refractivity contribution in [3.8, 4) is 0 Å².